The van der Waals surface area contributed by atoms with Gasteiger partial charge in [0.2, 0.25) is 11.7 Å². The van der Waals surface area contributed by atoms with E-state index in [4.69, 9.17) is 4.52 Å². The Hall–Kier alpha value is -4.15. The van der Waals surface area contributed by atoms with E-state index in [0.29, 0.717) is 11.1 Å². The van der Waals surface area contributed by atoms with Crippen molar-refractivity contribution in [2.24, 2.45) is 0 Å². The van der Waals surface area contributed by atoms with Crippen molar-refractivity contribution in [2.75, 3.05) is 13.1 Å². The van der Waals surface area contributed by atoms with Gasteiger partial charge in [-0.3, -0.25) is 19.7 Å². The highest BCUT2D eigenvalue weighted by atomic mass is 19.1. The van der Waals surface area contributed by atoms with Crippen molar-refractivity contribution >= 4 is 17.5 Å². The van der Waals surface area contributed by atoms with Crippen LogP contribution in [0.15, 0.2) is 53.1 Å². The van der Waals surface area contributed by atoms with Gasteiger partial charge in [0.25, 0.3) is 5.69 Å². The van der Waals surface area contributed by atoms with E-state index in [-0.39, 0.29) is 42.8 Å². The number of nitro benzene ring substituents is 1. The first-order valence-corrected chi connectivity index (χ1v) is 8.80. The highest BCUT2D eigenvalue weighted by Gasteiger charge is 2.16. The van der Waals surface area contributed by atoms with Crippen LogP contribution in [0, 0.1) is 15.9 Å². The Balaban J connectivity index is 1.42. The van der Waals surface area contributed by atoms with Crippen LogP contribution in [0.2, 0.25) is 0 Å². The van der Waals surface area contributed by atoms with Crippen LogP contribution in [-0.2, 0) is 11.2 Å². The van der Waals surface area contributed by atoms with Crippen LogP contribution < -0.4 is 10.6 Å². The average molecular weight is 413 g/mol. The van der Waals surface area contributed by atoms with Crippen molar-refractivity contribution in [2.45, 2.75) is 6.42 Å². The molecule has 1 heterocycles. The second kappa shape index (κ2) is 9.37. The molecule has 0 saturated carbocycles. The number of nitrogens with one attached hydrogen (secondary N) is 2. The smallest absolute Gasteiger partial charge is 0.316 e. The lowest BCUT2D eigenvalue weighted by atomic mass is 10.1. The molecule has 10 nitrogen and oxygen atoms in total. The van der Waals surface area contributed by atoms with Crippen LogP contribution in [0.25, 0.3) is 11.4 Å². The number of aromatic nitrogens is 2. The Labute approximate surface area is 169 Å². The summed E-state index contributed by atoms with van der Waals surface area (Å²) in [5.74, 6) is -1.42. The van der Waals surface area contributed by atoms with Crippen LogP contribution in [0.1, 0.15) is 16.2 Å². The molecule has 0 aliphatic rings. The topological polar surface area (TPSA) is 140 Å². The van der Waals surface area contributed by atoms with Gasteiger partial charge in [-0.05, 0) is 29.8 Å². The predicted molar refractivity (Wildman–Crippen MR) is 102 cm³/mol. The van der Waals surface area contributed by atoms with E-state index >= 15 is 0 Å². The Kier molecular flexibility index (Phi) is 6.42. The van der Waals surface area contributed by atoms with E-state index in [1.54, 1.807) is 0 Å². The second-order valence-corrected chi connectivity index (χ2v) is 6.14. The summed E-state index contributed by atoms with van der Waals surface area (Å²) in [7, 11) is 0. The third kappa shape index (κ3) is 5.44. The number of hydrogen-bond donors (Lipinski definition) is 2. The third-order valence-electron chi connectivity index (χ3n) is 3.97. The molecular formula is C19H16FN5O5. The molecule has 0 bridgehead atoms. The lowest BCUT2D eigenvalue weighted by Crippen LogP contribution is -2.35. The summed E-state index contributed by atoms with van der Waals surface area (Å²) in [6.07, 6.45) is 0.0522. The minimum Gasteiger partial charge on any atom is -0.354 e. The maximum absolute atomic E-state index is 12.9. The van der Waals surface area contributed by atoms with Crippen LogP contribution in [0.4, 0.5) is 10.1 Å². The number of non-ortho nitro benzene ring substituents is 1. The molecule has 2 aromatic carbocycles. The van der Waals surface area contributed by atoms with E-state index in [2.05, 4.69) is 20.8 Å². The summed E-state index contributed by atoms with van der Waals surface area (Å²) >= 11 is 0. The summed E-state index contributed by atoms with van der Waals surface area (Å²) in [4.78, 5) is 38.0. The molecule has 0 atom stereocenters. The third-order valence-corrected chi connectivity index (χ3v) is 3.97. The van der Waals surface area contributed by atoms with Crippen molar-refractivity contribution in [3.8, 4) is 11.4 Å². The molecule has 1 aromatic heterocycles. The normalized spacial score (nSPS) is 10.4. The highest BCUT2D eigenvalue weighted by molar-refractivity contribution is 5.89. The summed E-state index contributed by atoms with van der Waals surface area (Å²) in [6.45, 7) is 0.287. The van der Waals surface area contributed by atoms with Crippen LogP contribution in [0.5, 0.6) is 0 Å². The molecule has 11 heteroatoms. The minimum absolute atomic E-state index is 0.0505. The number of hydrogen-bond acceptors (Lipinski definition) is 7. The van der Waals surface area contributed by atoms with Gasteiger partial charge in [-0.2, -0.15) is 4.98 Å². The van der Waals surface area contributed by atoms with Gasteiger partial charge in [0.05, 0.1) is 11.3 Å². The SMILES string of the molecule is O=C(Cc1ccc([N+](=O)[O-])cc1)NCCNC(=O)c1nc(-c2ccc(F)cc2)no1. The van der Waals surface area contributed by atoms with Crippen LogP contribution in [0.3, 0.4) is 0 Å². The lowest BCUT2D eigenvalue weighted by Gasteiger charge is -2.06. The molecular weight excluding hydrogens is 397 g/mol. The summed E-state index contributed by atoms with van der Waals surface area (Å²) in [5, 5.41) is 19.4. The Morgan fingerprint density at radius 1 is 1.03 bits per heavy atom. The van der Waals surface area contributed by atoms with E-state index < -0.39 is 16.6 Å². The first-order valence-electron chi connectivity index (χ1n) is 8.80. The van der Waals surface area contributed by atoms with Gasteiger partial charge in [0.1, 0.15) is 5.82 Å². The number of amides is 2. The molecule has 2 amide bonds. The second-order valence-electron chi connectivity index (χ2n) is 6.14. The molecule has 0 spiro atoms. The average Bonchev–Trinajstić information content (AvgIpc) is 3.22. The molecule has 0 aliphatic heterocycles. The molecule has 0 fully saturated rings. The Morgan fingerprint density at radius 3 is 2.37 bits per heavy atom. The fourth-order valence-corrected chi connectivity index (χ4v) is 2.47. The van der Waals surface area contributed by atoms with Gasteiger partial charge in [-0.1, -0.05) is 17.3 Å². The first-order chi connectivity index (χ1) is 14.4. The maximum atomic E-state index is 12.9. The number of carbonyl (C=O) groups excluding carboxylic acids is 2. The van der Waals surface area contributed by atoms with Gasteiger partial charge < -0.3 is 15.2 Å². The quantitative estimate of drug-likeness (QED) is 0.326. The molecule has 0 aliphatic carbocycles. The van der Waals surface area contributed by atoms with E-state index in [1.165, 1.54) is 48.5 Å². The van der Waals surface area contributed by atoms with Gasteiger partial charge >= 0.3 is 11.8 Å². The van der Waals surface area contributed by atoms with Crippen molar-refractivity contribution in [3.63, 3.8) is 0 Å². The van der Waals surface area contributed by atoms with E-state index in [9.17, 15) is 24.1 Å². The van der Waals surface area contributed by atoms with Crippen LogP contribution in [-0.4, -0.2) is 40.0 Å². The predicted octanol–water partition coefficient (Wildman–Crippen LogP) is 1.87. The van der Waals surface area contributed by atoms with Gasteiger partial charge in [0.15, 0.2) is 0 Å². The lowest BCUT2D eigenvalue weighted by molar-refractivity contribution is -0.384. The zero-order chi connectivity index (χ0) is 21.5. The molecule has 0 radical (unpaired) electrons. The van der Waals surface area contributed by atoms with Gasteiger partial charge in [-0.25, -0.2) is 4.39 Å². The Bertz CT molecular complexity index is 1050. The maximum Gasteiger partial charge on any atom is 0.316 e. The summed E-state index contributed by atoms with van der Waals surface area (Å²) in [6, 6.07) is 11.1. The number of rotatable bonds is 8. The van der Waals surface area contributed by atoms with E-state index in [0.717, 1.165) is 0 Å². The number of nitrogens with zero attached hydrogens (tertiary/aromatic N) is 3. The fourth-order valence-electron chi connectivity index (χ4n) is 2.47. The number of nitro groups is 1. The number of carbonyl (C=O) groups is 2. The summed E-state index contributed by atoms with van der Waals surface area (Å²) < 4.78 is 17.8. The molecule has 2 N–H and O–H groups in total. The monoisotopic (exact) mass is 413 g/mol. The van der Waals surface area contributed by atoms with Crippen molar-refractivity contribution < 1.29 is 23.4 Å². The van der Waals surface area contributed by atoms with Crippen molar-refractivity contribution in [3.05, 3.63) is 75.9 Å². The highest BCUT2D eigenvalue weighted by Crippen LogP contribution is 2.16. The molecule has 30 heavy (non-hydrogen) atoms. The molecule has 3 rings (SSSR count). The molecule has 3 aromatic rings. The largest absolute Gasteiger partial charge is 0.354 e. The Morgan fingerprint density at radius 2 is 1.70 bits per heavy atom. The number of benzene rings is 2. The molecule has 154 valence electrons. The zero-order valence-electron chi connectivity index (χ0n) is 15.5. The standard InChI is InChI=1S/C19H16FN5O5/c20-14-5-3-13(4-6-14)17-23-19(30-24-17)18(27)22-10-9-21-16(26)11-12-1-7-15(8-2-12)25(28)29/h1-8H,9-11H2,(H,21,26)(H,22,27). The van der Waals surface area contributed by atoms with Crippen LogP contribution >= 0.6 is 0 Å². The van der Waals surface area contributed by atoms with Gasteiger partial charge in [-0.15, -0.1) is 0 Å². The van der Waals surface area contributed by atoms with E-state index in [1.807, 2.05) is 0 Å². The minimum atomic E-state index is -0.611. The molecule has 0 saturated heterocycles. The van der Waals surface area contributed by atoms with Crippen molar-refractivity contribution in [1.82, 2.24) is 20.8 Å². The van der Waals surface area contributed by atoms with Gasteiger partial charge in [0, 0.05) is 30.8 Å². The zero-order valence-corrected chi connectivity index (χ0v) is 15.5. The molecule has 0 unspecified atom stereocenters. The number of halogens is 1. The first kappa shape index (κ1) is 20.6. The van der Waals surface area contributed by atoms with Crippen molar-refractivity contribution in [1.29, 1.82) is 0 Å². The fraction of sp³-hybridized carbons (Fsp3) is 0.158. The summed E-state index contributed by atoms with van der Waals surface area (Å²) in [5.41, 5.74) is 1.07.